The Morgan fingerprint density at radius 1 is 0.933 bits per heavy atom. The van der Waals surface area contributed by atoms with E-state index < -0.39 is 8.80 Å². The lowest BCUT2D eigenvalue weighted by molar-refractivity contribution is 0.586. The van der Waals surface area contributed by atoms with Crippen molar-refractivity contribution in [1.82, 2.24) is 0 Å². The number of rotatable bonds is 1. The first kappa shape index (κ1) is 12.5. The van der Waals surface area contributed by atoms with Gasteiger partial charge in [0.1, 0.15) is 0 Å². The Balaban J connectivity index is 3.32. The number of aryl methyl sites for hydroxylation is 2. The van der Waals surface area contributed by atoms with Gasteiger partial charge in [0.15, 0.2) is 0 Å². The fraction of sp³-hybridized carbons (Fsp3) is 0.571. The highest BCUT2D eigenvalue weighted by molar-refractivity contribution is 6.71. The van der Waals surface area contributed by atoms with Gasteiger partial charge < -0.3 is 0 Å². The van der Waals surface area contributed by atoms with Gasteiger partial charge in [-0.25, -0.2) is 0 Å². The SMILES string of the molecule is Cc1cc(C(C)(C)C)c(C)cc1[SiH](C)C. The summed E-state index contributed by atoms with van der Waals surface area (Å²) in [7, 11) is -0.671. The molecule has 0 spiro atoms. The third-order valence-electron chi connectivity index (χ3n) is 3.04. The molecule has 0 amide bonds. The highest BCUT2D eigenvalue weighted by atomic mass is 28.3. The molecule has 0 aliphatic rings. The molecule has 1 aromatic rings. The molecule has 0 saturated carbocycles. The minimum absolute atomic E-state index is 0.270. The van der Waals surface area contributed by atoms with E-state index in [2.05, 4.69) is 59.8 Å². The van der Waals surface area contributed by atoms with E-state index >= 15 is 0 Å². The van der Waals surface area contributed by atoms with Crippen LogP contribution < -0.4 is 5.19 Å². The molecular formula is C14H24Si. The predicted octanol–water partition coefficient (Wildman–Crippen LogP) is 3.29. The Bertz CT molecular complexity index is 356. The van der Waals surface area contributed by atoms with Crippen LogP contribution in [0.25, 0.3) is 0 Å². The van der Waals surface area contributed by atoms with E-state index in [0.717, 1.165) is 0 Å². The van der Waals surface area contributed by atoms with Gasteiger partial charge >= 0.3 is 0 Å². The van der Waals surface area contributed by atoms with Crippen LogP contribution in [0.1, 0.15) is 37.5 Å². The van der Waals surface area contributed by atoms with Crippen LogP contribution in [0.2, 0.25) is 13.1 Å². The monoisotopic (exact) mass is 220 g/mol. The molecule has 0 fully saturated rings. The Morgan fingerprint density at radius 2 is 1.47 bits per heavy atom. The Kier molecular flexibility index (Phi) is 3.44. The summed E-state index contributed by atoms with van der Waals surface area (Å²) in [5.74, 6) is 0. The molecule has 0 atom stereocenters. The van der Waals surface area contributed by atoms with Gasteiger partial charge in [-0.3, -0.25) is 0 Å². The Hall–Kier alpha value is -0.563. The van der Waals surface area contributed by atoms with E-state index in [1.54, 1.807) is 5.19 Å². The predicted molar refractivity (Wildman–Crippen MR) is 73.1 cm³/mol. The summed E-state index contributed by atoms with van der Waals surface area (Å²) in [6.07, 6.45) is 0. The lowest BCUT2D eigenvalue weighted by atomic mass is 9.83. The molecule has 1 heteroatoms. The number of hydrogen-bond acceptors (Lipinski definition) is 0. The Morgan fingerprint density at radius 3 is 1.87 bits per heavy atom. The van der Waals surface area contributed by atoms with E-state index in [1.165, 1.54) is 16.7 Å². The lowest BCUT2D eigenvalue weighted by Crippen LogP contribution is -2.27. The van der Waals surface area contributed by atoms with Crippen molar-refractivity contribution in [3.63, 3.8) is 0 Å². The largest absolute Gasteiger partial charge is 0.0682 e. The summed E-state index contributed by atoms with van der Waals surface area (Å²) in [6, 6.07) is 4.82. The second-order valence-corrected chi connectivity index (χ2v) is 8.86. The molecule has 0 aliphatic carbocycles. The third-order valence-corrected chi connectivity index (χ3v) is 4.91. The van der Waals surface area contributed by atoms with Gasteiger partial charge in [-0.05, 0) is 30.4 Å². The van der Waals surface area contributed by atoms with Crippen molar-refractivity contribution in [2.75, 3.05) is 0 Å². The van der Waals surface area contributed by atoms with Crippen LogP contribution in [0.15, 0.2) is 12.1 Å². The van der Waals surface area contributed by atoms with Crippen LogP contribution in [-0.2, 0) is 5.41 Å². The smallest absolute Gasteiger partial charge is 0.0650 e. The molecule has 0 aromatic heterocycles. The van der Waals surface area contributed by atoms with E-state index in [1.807, 2.05) is 0 Å². The van der Waals surface area contributed by atoms with Crippen molar-refractivity contribution in [2.45, 2.75) is 53.1 Å². The quantitative estimate of drug-likeness (QED) is 0.637. The average Bonchev–Trinajstić information content (AvgIpc) is 2.06. The molecule has 0 aliphatic heterocycles. The zero-order chi connectivity index (χ0) is 11.8. The molecule has 0 unspecified atom stereocenters. The minimum atomic E-state index is -0.671. The first-order valence-corrected chi connectivity index (χ1v) is 8.73. The molecule has 0 heterocycles. The minimum Gasteiger partial charge on any atom is -0.0682 e. The standard InChI is InChI=1S/C14H24Si/c1-10-9-13(15(6)7)11(2)8-12(10)14(3,4)5/h8-9,15H,1-7H3. The molecule has 0 radical (unpaired) electrons. The van der Waals surface area contributed by atoms with Crippen LogP contribution in [0.5, 0.6) is 0 Å². The van der Waals surface area contributed by atoms with Crippen molar-refractivity contribution in [2.24, 2.45) is 0 Å². The molecule has 0 bridgehead atoms. The van der Waals surface area contributed by atoms with E-state index in [4.69, 9.17) is 0 Å². The van der Waals surface area contributed by atoms with Gasteiger partial charge in [-0.2, -0.15) is 0 Å². The molecule has 1 rings (SSSR count). The van der Waals surface area contributed by atoms with Crippen LogP contribution in [0, 0.1) is 13.8 Å². The molecule has 1 aromatic carbocycles. The zero-order valence-corrected chi connectivity index (χ0v) is 12.4. The molecular weight excluding hydrogens is 196 g/mol. The maximum Gasteiger partial charge on any atom is 0.0650 e. The van der Waals surface area contributed by atoms with Gasteiger partial charge in [0.25, 0.3) is 0 Å². The fourth-order valence-corrected chi connectivity index (χ4v) is 3.85. The second-order valence-electron chi connectivity index (χ2n) is 5.93. The molecule has 0 saturated heterocycles. The summed E-state index contributed by atoms with van der Waals surface area (Å²) >= 11 is 0. The van der Waals surface area contributed by atoms with Crippen LogP contribution in [0.4, 0.5) is 0 Å². The highest BCUT2D eigenvalue weighted by Gasteiger charge is 2.18. The summed E-state index contributed by atoms with van der Waals surface area (Å²) in [6.45, 7) is 16.2. The Labute approximate surface area is 96.3 Å². The van der Waals surface area contributed by atoms with Crippen LogP contribution in [0.3, 0.4) is 0 Å². The molecule has 0 nitrogen and oxygen atoms in total. The number of benzene rings is 1. The fourth-order valence-electron chi connectivity index (χ4n) is 2.27. The normalized spacial score (nSPS) is 12.3. The summed E-state index contributed by atoms with van der Waals surface area (Å²) < 4.78 is 0. The summed E-state index contributed by atoms with van der Waals surface area (Å²) in [5, 5.41) is 1.63. The summed E-state index contributed by atoms with van der Waals surface area (Å²) in [5.41, 5.74) is 4.72. The van der Waals surface area contributed by atoms with Gasteiger partial charge in [0.2, 0.25) is 0 Å². The van der Waals surface area contributed by atoms with Gasteiger partial charge in [-0.15, -0.1) is 0 Å². The van der Waals surface area contributed by atoms with Crippen LogP contribution in [-0.4, -0.2) is 8.80 Å². The molecule has 15 heavy (non-hydrogen) atoms. The van der Waals surface area contributed by atoms with E-state index in [-0.39, 0.29) is 5.41 Å². The second kappa shape index (κ2) is 4.13. The molecule has 84 valence electrons. The van der Waals surface area contributed by atoms with E-state index in [0.29, 0.717) is 0 Å². The molecule has 0 N–H and O–H groups in total. The topological polar surface area (TPSA) is 0 Å². The zero-order valence-electron chi connectivity index (χ0n) is 11.2. The van der Waals surface area contributed by atoms with E-state index in [9.17, 15) is 0 Å². The average molecular weight is 220 g/mol. The van der Waals surface area contributed by atoms with Crippen LogP contribution >= 0.6 is 0 Å². The summed E-state index contributed by atoms with van der Waals surface area (Å²) in [4.78, 5) is 0. The first-order chi connectivity index (χ1) is 6.73. The van der Waals surface area contributed by atoms with Gasteiger partial charge in [0, 0.05) is 0 Å². The highest BCUT2D eigenvalue weighted by Crippen LogP contribution is 2.25. The van der Waals surface area contributed by atoms with Crippen molar-refractivity contribution >= 4 is 14.0 Å². The van der Waals surface area contributed by atoms with Crippen molar-refractivity contribution in [3.05, 3.63) is 28.8 Å². The number of hydrogen-bond donors (Lipinski definition) is 0. The van der Waals surface area contributed by atoms with Crippen molar-refractivity contribution < 1.29 is 0 Å². The maximum atomic E-state index is 2.42. The van der Waals surface area contributed by atoms with Crippen molar-refractivity contribution in [1.29, 1.82) is 0 Å². The third kappa shape index (κ3) is 2.72. The first-order valence-electron chi connectivity index (χ1n) is 5.85. The maximum absolute atomic E-state index is 2.42. The van der Waals surface area contributed by atoms with Gasteiger partial charge in [-0.1, -0.05) is 56.7 Å². The van der Waals surface area contributed by atoms with Crippen molar-refractivity contribution in [3.8, 4) is 0 Å². The lowest BCUT2D eigenvalue weighted by Gasteiger charge is -2.24. The van der Waals surface area contributed by atoms with Gasteiger partial charge in [0.05, 0.1) is 8.80 Å².